The van der Waals surface area contributed by atoms with E-state index in [0.717, 1.165) is 12.1 Å². The van der Waals surface area contributed by atoms with Crippen LogP contribution in [0.3, 0.4) is 0 Å². The summed E-state index contributed by atoms with van der Waals surface area (Å²) in [4.78, 5) is 11.7. The lowest BCUT2D eigenvalue weighted by Crippen LogP contribution is -2.39. The lowest BCUT2D eigenvalue weighted by atomic mass is 10.1. The van der Waals surface area contributed by atoms with Gasteiger partial charge in [-0.2, -0.15) is 21.6 Å². The first-order valence-electron chi connectivity index (χ1n) is 5.49. The summed E-state index contributed by atoms with van der Waals surface area (Å²) >= 11 is 0. The predicted molar refractivity (Wildman–Crippen MR) is 62.2 cm³/mol. The van der Waals surface area contributed by atoms with E-state index < -0.39 is 38.9 Å². The summed E-state index contributed by atoms with van der Waals surface area (Å²) < 4.78 is 73.1. The van der Waals surface area contributed by atoms with Crippen molar-refractivity contribution in [2.75, 3.05) is 0 Å². The van der Waals surface area contributed by atoms with Crippen molar-refractivity contribution in [2.45, 2.75) is 25.1 Å². The lowest BCUT2D eigenvalue weighted by molar-refractivity contribution is -0.128. The van der Waals surface area contributed by atoms with Crippen molar-refractivity contribution in [3.8, 4) is 11.5 Å². The second-order valence-corrected chi connectivity index (χ2v) is 6.05. The molecule has 2 rings (SSSR count). The first-order valence-corrected chi connectivity index (χ1v) is 6.90. The fourth-order valence-corrected chi connectivity index (χ4v) is 2.02. The van der Waals surface area contributed by atoms with Crippen molar-refractivity contribution in [2.24, 2.45) is 0 Å². The number of hydrogen-bond donors (Lipinski definition) is 0. The van der Waals surface area contributed by atoms with Crippen molar-refractivity contribution in [1.82, 2.24) is 0 Å². The summed E-state index contributed by atoms with van der Waals surface area (Å²) in [5, 5.41) is 0. The number of halogens is 3. The van der Waals surface area contributed by atoms with Crippen molar-refractivity contribution in [3.63, 3.8) is 0 Å². The molecule has 10 heteroatoms. The topological polar surface area (TPSA) is 78.9 Å². The van der Waals surface area contributed by atoms with Crippen LogP contribution in [-0.4, -0.2) is 25.7 Å². The van der Waals surface area contributed by atoms with Crippen LogP contribution >= 0.6 is 0 Å². The molecule has 0 saturated heterocycles. The van der Waals surface area contributed by atoms with Gasteiger partial charge in [0.2, 0.25) is 5.79 Å². The van der Waals surface area contributed by atoms with Gasteiger partial charge in [0.1, 0.15) is 5.56 Å². The smallest absolute Gasteiger partial charge is 0.448 e. The molecule has 1 aliphatic heterocycles. The van der Waals surface area contributed by atoms with Gasteiger partial charge in [0.15, 0.2) is 11.5 Å². The summed E-state index contributed by atoms with van der Waals surface area (Å²) in [5.41, 5.74) is -5.83. The number of benzene rings is 1. The van der Waals surface area contributed by atoms with Crippen molar-refractivity contribution >= 4 is 16.1 Å². The summed E-state index contributed by atoms with van der Waals surface area (Å²) in [6.07, 6.45) is 0. The largest absolute Gasteiger partial charge is 0.534 e. The van der Waals surface area contributed by atoms with E-state index in [9.17, 15) is 26.4 Å². The van der Waals surface area contributed by atoms with Crippen molar-refractivity contribution < 1.29 is 40.0 Å². The fourth-order valence-electron chi connectivity index (χ4n) is 1.56. The van der Waals surface area contributed by atoms with Gasteiger partial charge in [-0.1, -0.05) is 6.07 Å². The second kappa shape index (κ2) is 4.52. The highest BCUT2D eigenvalue weighted by atomic mass is 32.2. The molecule has 0 bridgehead atoms. The lowest BCUT2D eigenvalue weighted by Gasteiger charge is -2.32. The third-order valence-corrected chi connectivity index (χ3v) is 3.33. The highest BCUT2D eigenvalue weighted by Crippen LogP contribution is 2.40. The number of hydrogen-bond acceptors (Lipinski definition) is 6. The average Bonchev–Trinajstić information content (AvgIpc) is 2.27. The normalized spacial score (nSPS) is 17.5. The van der Waals surface area contributed by atoms with Gasteiger partial charge in [-0.25, -0.2) is 4.79 Å². The van der Waals surface area contributed by atoms with Crippen LogP contribution in [0.2, 0.25) is 0 Å². The molecular formula is C11H9F3O6S. The van der Waals surface area contributed by atoms with Gasteiger partial charge in [0.05, 0.1) is 0 Å². The standard InChI is InChI=1S/C11H9F3O6S/c1-10(2)18-8-6(9(15)19-10)4-3-5-7(8)20-21(16,17)11(12,13)14/h3-5H,1-2H3. The van der Waals surface area contributed by atoms with E-state index in [2.05, 4.69) is 4.18 Å². The van der Waals surface area contributed by atoms with Crippen LogP contribution in [0.5, 0.6) is 11.5 Å². The number of ether oxygens (including phenoxy) is 2. The maximum Gasteiger partial charge on any atom is 0.534 e. The van der Waals surface area contributed by atoms with Crippen LogP contribution in [0.4, 0.5) is 13.2 Å². The zero-order chi connectivity index (χ0) is 16.1. The number of carbonyl (C=O) groups is 1. The third kappa shape index (κ3) is 2.89. The molecule has 0 aromatic heterocycles. The number of esters is 1. The molecule has 0 fully saturated rings. The molecule has 116 valence electrons. The van der Waals surface area contributed by atoms with Gasteiger partial charge < -0.3 is 13.7 Å². The zero-order valence-corrected chi connectivity index (χ0v) is 11.5. The Labute approximate surface area is 117 Å². The first-order chi connectivity index (χ1) is 9.43. The van der Waals surface area contributed by atoms with Gasteiger partial charge >= 0.3 is 21.6 Å². The minimum atomic E-state index is -5.87. The van der Waals surface area contributed by atoms with E-state index in [-0.39, 0.29) is 5.56 Å². The molecule has 1 heterocycles. The predicted octanol–water partition coefficient (Wildman–Crippen LogP) is 2.20. The Balaban J connectivity index is 2.50. The maximum absolute atomic E-state index is 12.3. The number of carbonyl (C=O) groups excluding carboxylic acids is 1. The van der Waals surface area contributed by atoms with Crippen LogP contribution in [0.15, 0.2) is 18.2 Å². The van der Waals surface area contributed by atoms with Gasteiger partial charge in [-0.05, 0) is 12.1 Å². The Morgan fingerprint density at radius 3 is 2.38 bits per heavy atom. The van der Waals surface area contributed by atoms with E-state index in [4.69, 9.17) is 9.47 Å². The molecular weight excluding hydrogens is 317 g/mol. The minimum Gasteiger partial charge on any atom is -0.448 e. The molecule has 21 heavy (non-hydrogen) atoms. The van der Waals surface area contributed by atoms with E-state index in [1.54, 1.807) is 0 Å². The zero-order valence-electron chi connectivity index (χ0n) is 10.7. The number of para-hydroxylation sites is 1. The molecule has 0 amide bonds. The minimum absolute atomic E-state index is 0.232. The Bertz CT molecular complexity index is 692. The fraction of sp³-hybridized carbons (Fsp3) is 0.364. The van der Waals surface area contributed by atoms with Gasteiger partial charge in [-0.3, -0.25) is 0 Å². The molecule has 0 atom stereocenters. The van der Waals surface area contributed by atoms with Gasteiger partial charge in [0.25, 0.3) is 0 Å². The van der Waals surface area contributed by atoms with E-state index in [1.807, 2.05) is 0 Å². The highest BCUT2D eigenvalue weighted by molar-refractivity contribution is 7.88. The van der Waals surface area contributed by atoms with Gasteiger partial charge in [-0.15, -0.1) is 0 Å². The van der Waals surface area contributed by atoms with Gasteiger partial charge in [0, 0.05) is 13.8 Å². The Morgan fingerprint density at radius 1 is 1.19 bits per heavy atom. The average molecular weight is 326 g/mol. The second-order valence-electron chi connectivity index (χ2n) is 4.51. The quantitative estimate of drug-likeness (QED) is 0.471. The summed E-state index contributed by atoms with van der Waals surface area (Å²) in [6.45, 7) is 2.67. The SMILES string of the molecule is CC1(C)OC(=O)c2cccc(OS(=O)(=O)C(F)(F)F)c2O1. The molecule has 1 aromatic carbocycles. The Morgan fingerprint density at radius 2 is 1.81 bits per heavy atom. The molecule has 0 spiro atoms. The van der Waals surface area contributed by atoms with Crippen LogP contribution in [0.25, 0.3) is 0 Å². The number of alkyl halides is 3. The number of rotatable bonds is 2. The van der Waals surface area contributed by atoms with Crippen LogP contribution in [0.1, 0.15) is 24.2 Å². The van der Waals surface area contributed by atoms with E-state index in [0.29, 0.717) is 0 Å². The monoisotopic (exact) mass is 326 g/mol. The summed E-state index contributed by atoms with van der Waals surface area (Å²) in [7, 11) is -5.87. The molecule has 0 saturated carbocycles. The van der Waals surface area contributed by atoms with Crippen molar-refractivity contribution in [1.29, 1.82) is 0 Å². The highest BCUT2D eigenvalue weighted by Gasteiger charge is 2.49. The molecule has 0 unspecified atom stereocenters. The van der Waals surface area contributed by atoms with Crippen LogP contribution < -0.4 is 8.92 Å². The summed E-state index contributed by atoms with van der Waals surface area (Å²) in [5.74, 6) is -3.50. The molecule has 1 aliphatic rings. The Hall–Kier alpha value is -1.97. The molecule has 6 nitrogen and oxygen atoms in total. The number of fused-ring (bicyclic) bond motifs is 1. The van der Waals surface area contributed by atoms with Crippen LogP contribution in [-0.2, 0) is 14.9 Å². The van der Waals surface area contributed by atoms with E-state index in [1.165, 1.54) is 19.9 Å². The van der Waals surface area contributed by atoms with Crippen LogP contribution in [0, 0.1) is 0 Å². The first kappa shape index (κ1) is 15.4. The third-order valence-electron chi connectivity index (χ3n) is 2.37. The number of cyclic esters (lactones) is 1. The Kier molecular flexibility index (Phi) is 3.32. The molecule has 0 N–H and O–H groups in total. The molecule has 0 aliphatic carbocycles. The molecule has 0 radical (unpaired) electrons. The van der Waals surface area contributed by atoms with Crippen molar-refractivity contribution in [3.05, 3.63) is 23.8 Å². The summed E-state index contributed by atoms with van der Waals surface area (Å²) in [6, 6.07) is 3.29. The van der Waals surface area contributed by atoms with E-state index >= 15 is 0 Å². The molecule has 1 aromatic rings. The maximum atomic E-state index is 12.3.